The maximum absolute atomic E-state index is 8.73. The Morgan fingerprint density at radius 3 is 2.13 bits per heavy atom. The van der Waals surface area contributed by atoms with Gasteiger partial charge in [-0.2, -0.15) is 0 Å². The quantitative estimate of drug-likeness (QED) is 0.760. The van der Waals surface area contributed by atoms with Crippen LogP contribution in [0.15, 0.2) is 24.3 Å². The van der Waals surface area contributed by atoms with E-state index in [1.807, 2.05) is 0 Å². The Kier molecular flexibility index (Phi) is 4.33. The van der Waals surface area contributed by atoms with Gasteiger partial charge in [0.25, 0.3) is 0 Å². The molecule has 4 aliphatic rings. The Labute approximate surface area is 139 Å². The van der Waals surface area contributed by atoms with Crippen molar-refractivity contribution in [1.29, 1.82) is 0 Å². The Morgan fingerprint density at radius 1 is 0.957 bits per heavy atom. The summed E-state index contributed by atoms with van der Waals surface area (Å²) in [4.78, 5) is 0. The molecule has 4 fully saturated rings. The highest BCUT2D eigenvalue weighted by Crippen LogP contribution is 2.60. The topological polar surface area (TPSA) is 41.5 Å². The second-order valence-electron chi connectivity index (χ2n) is 8.04. The summed E-state index contributed by atoms with van der Waals surface area (Å²) in [6.45, 7) is 2.24. The zero-order valence-electron chi connectivity index (χ0n) is 14.0. The minimum Gasteiger partial charge on any atom is -0.492 e. The summed E-state index contributed by atoms with van der Waals surface area (Å²) >= 11 is 0. The fourth-order valence-corrected chi connectivity index (χ4v) is 5.81. The van der Waals surface area contributed by atoms with Crippen LogP contribution in [0, 0.1) is 17.8 Å². The summed E-state index contributed by atoms with van der Waals surface area (Å²) in [6.07, 6.45) is 8.77. The number of benzene rings is 1. The van der Waals surface area contributed by atoms with Gasteiger partial charge in [-0.05, 0) is 79.4 Å². The van der Waals surface area contributed by atoms with Gasteiger partial charge in [-0.15, -0.1) is 0 Å². The molecule has 23 heavy (non-hydrogen) atoms. The molecule has 1 aromatic rings. The molecule has 3 heteroatoms. The van der Waals surface area contributed by atoms with E-state index in [2.05, 4.69) is 29.6 Å². The standard InChI is InChI=1S/C20H29NO2/c22-7-5-21-6-8-23-19-3-1-18(2-4-19)20-12-15-9-16(13-20)11-17(10-15)14-20/h1-4,15-17,21-22H,5-14H2. The van der Waals surface area contributed by atoms with E-state index in [0.717, 1.165) is 30.0 Å². The zero-order chi connectivity index (χ0) is 15.7. The van der Waals surface area contributed by atoms with E-state index in [4.69, 9.17) is 9.84 Å². The molecule has 0 aromatic heterocycles. The molecule has 126 valence electrons. The average Bonchev–Trinajstić information content (AvgIpc) is 2.54. The first-order valence-electron chi connectivity index (χ1n) is 9.32. The molecule has 5 rings (SSSR count). The van der Waals surface area contributed by atoms with E-state index in [9.17, 15) is 0 Å². The lowest BCUT2D eigenvalue weighted by molar-refractivity contribution is -0.00520. The van der Waals surface area contributed by atoms with Crippen LogP contribution in [0.2, 0.25) is 0 Å². The molecule has 4 bridgehead atoms. The summed E-state index contributed by atoms with van der Waals surface area (Å²) in [5, 5.41) is 11.9. The molecule has 4 saturated carbocycles. The summed E-state index contributed by atoms with van der Waals surface area (Å²) in [6, 6.07) is 8.95. The molecule has 4 aliphatic carbocycles. The number of hydrogen-bond donors (Lipinski definition) is 2. The molecule has 0 unspecified atom stereocenters. The number of hydrogen-bond acceptors (Lipinski definition) is 3. The van der Waals surface area contributed by atoms with Crippen LogP contribution in [-0.4, -0.2) is 31.4 Å². The SMILES string of the molecule is OCCNCCOc1ccc(C23CC4CC(CC(C4)C2)C3)cc1. The zero-order valence-corrected chi connectivity index (χ0v) is 14.0. The van der Waals surface area contributed by atoms with Crippen molar-refractivity contribution in [3.05, 3.63) is 29.8 Å². The minimum absolute atomic E-state index is 0.180. The van der Waals surface area contributed by atoms with E-state index in [1.165, 1.54) is 38.5 Å². The fraction of sp³-hybridized carbons (Fsp3) is 0.700. The third kappa shape index (κ3) is 3.14. The Morgan fingerprint density at radius 2 is 1.57 bits per heavy atom. The maximum Gasteiger partial charge on any atom is 0.119 e. The molecule has 0 aliphatic heterocycles. The highest BCUT2D eigenvalue weighted by molar-refractivity contribution is 5.34. The first-order chi connectivity index (χ1) is 11.3. The molecular weight excluding hydrogens is 286 g/mol. The van der Waals surface area contributed by atoms with E-state index < -0.39 is 0 Å². The lowest BCUT2D eigenvalue weighted by atomic mass is 9.48. The number of ether oxygens (including phenoxy) is 1. The molecule has 0 heterocycles. The highest BCUT2D eigenvalue weighted by Gasteiger charge is 2.51. The molecule has 2 N–H and O–H groups in total. The lowest BCUT2D eigenvalue weighted by Crippen LogP contribution is -2.48. The van der Waals surface area contributed by atoms with Gasteiger partial charge in [0.05, 0.1) is 6.61 Å². The van der Waals surface area contributed by atoms with Gasteiger partial charge in [-0.3, -0.25) is 0 Å². The monoisotopic (exact) mass is 315 g/mol. The van der Waals surface area contributed by atoms with Gasteiger partial charge >= 0.3 is 0 Å². The smallest absolute Gasteiger partial charge is 0.119 e. The van der Waals surface area contributed by atoms with Crippen molar-refractivity contribution in [2.75, 3.05) is 26.3 Å². The molecule has 0 radical (unpaired) electrons. The van der Waals surface area contributed by atoms with Crippen LogP contribution in [0.3, 0.4) is 0 Å². The van der Waals surface area contributed by atoms with E-state index >= 15 is 0 Å². The summed E-state index contributed by atoms with van der Waals surface area (Å²) in [5.74, 6) is 3.95. The predicted octanol–water partition coefficient (Wildman–Crippen LogP) is 3.12. The van der Waals surface area contributed by atoms with Gasteiger partial charge in [-0.25, -0.2) is 0 Å². The number of nitrogens with one attached hydrogen (secondary N) is 1. The average molecular weight is 315 g/mol. The van der Waals surface area contributed by atoms with Gasteiger partial charge in [0.2, 0.25) is 0 Å². The second kappa shape index (κ2) is 6.45. The van der Waals surface area contributed by atoms with Gasteiger partial charge < -0.3 is 15.2 Å². The van der Waals surface area contributed by atoms with Gasteiger partial charge in [-0.1, -0.05) is 12.1 Å². The third-order valence-electron chi connectivity index (χ3n) is 6.34. The Hall–Kier alpha value is -1.06. The largest absolute Gasteiger partial charge is 0.492 e. The second-order valence-corrected chi connectivity index (χ2v) is 8.04. The first-order valence-corrected chi connectivity index (χ1v) is 9.32. The first kappa shape index (κ1) is 15.5. The lowest BCUT2D eigenvalue weighted by Gasteiger charge is -2.57. The molecule has 0 spiro atoms. The fourth-order valence-electron chi connectivity index (χ4n) is 5.81. The molecule has 0 amide bonds. The maximum atomic E-state index is 8.73. The molecule has 3 nitrogen and oxygen atoms in total. The predicted molar refractivity (Wildman–Crippen MR) is 91.7 cm³/mol. The normalized spacial score (nSPS) is 34.7. The van der Waals surface area contributed by atoms with Crippen molar-refractivity contribution in [3.8, 4) is 5.75 Å². The minimum atomic E-state index is 0.180. The Bertz CT molecular complexity index is 490. The molecular formula is C20H29NO2. The summed E-state index contributed by atoms with van der Waals surface area (Å²) in [5.41, 5.74) is 2.04. The summed E-state index contributed by atoms with van der Waals surface area (Å²) in [7, 11) is 0. The van der Waals surface area contributed by atoms with Crippen molar-refractivity contribution >= 4 is 0 Å². The van der Waals surface area contributed by atoms with Crippen LogP contribution in [0.5, 0.6) is 5.75 Å². The van der Waals surface area contributed by atoms with Crippen LogP contribution in [0.1, 0.15) is 44.1 Å². The number of rotatable bonds is 7. The van der Waals surface area contributed by atoms with Crippen LogP contribution in [0.4, 0.5) is 0 Å². The van der Waals surface area contributed by atoms with Crippen molar-refractivity contribution in [3.63, 3.8) is 0 Å². The van der Waals surface area contributed by atoms with Gasteiger partial charge in [0.15, 0.2) is 0 Å². The number of aliphatic hydroxyl groups is 1. The third-order valence-corrected chi connectivity index (χ3v) is 6.34. The summed E-state index contributed by atoms with van der Waals surface area (Å²) < 4.78 is 5.78. The van der Waals surface area contributed by atoms with Gasteiger partial charge in [0.1, 0.15) is 12.4 Å². The van der Waals surface area contributed by atoms with Gasteiger partial charge in [0, 0.05) is 13.1 Å². The van der Waals surface area contributed by atoms with Crippen molar-refractivity contribution in [2.45, 2.75) is 43.9 Å². The molecule has 0 atom stereocenters. The Balaban J connectivity index is 1.38. The van der Waals surface area contributed by atoms with Crippen molar-refractivity contribution < 1.29 is 9.84 Å². The van der Waals surface area contributed by atoms with Crippen LogP contribution >= 0.6 is 0 Å². The van der Waals surface area contributed by atoms with E-state index in [-0.39, 0.29) is 6.61 Å². The van der Waals surface area contributed by atoms with Crippen molar-refractivity contribution in [1.82, 2.24) is 5.32 Å². The highest BCUT2D eigenvalue weighted by atomic mass is 16.5. The molecule has 0 saturated heterocycles. The molecule has 1 aromatic carbocycles. The van der Waals surface area contributed by atoms with E-state index in [1.54, 1.807) is 5.56 Å². The van der Waals surface area contributed by atoms with Crippen LogP contribution in [-0.2, 0) is 5.41 Å². The van der Waals surface area contributed by atoms with Crippen molar-refractivity contribution in [2.24, 2.45) is 17.8 Å². The number of aliphatic hydroxyl groups excluding tert-OH is 1. The van der Waals surface area contributed by atoms with Crippen LogP contribution in [0.25, 0.3) is 0 Å². The van der Waals surface area contributed by atoms with E-state index in [0.29, 0.717) is 18.6 Å². The van der Waals surface area contributed by atoms with Crippen LogP contribution < -0.4 is 10.1 Å².